The zero-order valence-corrected chi connectivity index (χ0v) is 8.92. The van der Waals surface area contributed by atoms with Crippen molar-refractivity contribution in [2.24, 2.45) is 0 Å². The number of amides is 2. The standard InChI is InChI=1S/C10H5Cl2NO2/c11-6-2-1-3-7(12)10(6)13-8(14)4-5-9(13)15/h1-5H. The summed E-state index contributed by atoms with van der Waals surface area (Å²) in [7, 11) is 0. The number of nitrogens with zero attached hydrogens (tertiary/aromatic N) is 1. The van der Waals surface area contributed by atoms with E-state index in [0.717, 1.165) is 4.90 Å². The zero-order valence-electron chi connectivity index (χ0n) is 7.41. The molecule has 0 aromatic heterocycles. The van der Waals surface area contributed by atoms with Crippen molar-refractivity contribution in [2.75, 3.05) is 4.90 Å². The van der Waals surface area contributed by atoms with Crippen LogP contribution < -0.4 is 4.90 Å². The van der Waals surface area contributed by atoms with E-state index < -0.39 is 11.8 Å². The lowest BCUT2D eigenvalue weighted by atomic mass is 10.3. The molecule has 0 spiro atoms. The highest BCUT2D eigenvalue weighted by Gasteiger charge is 2.28. The topological polar surface area (TPSA) is 37.4 Å². The van der Waals surface area contributed by atoms with E-state index in [-0.39, 0.29) is 15.7 Å². The molecule has 0 radical (unpaired) electrons. The van der Waals surface area contributed by atoms with E-state index in [0.29, 0.717) is 0 Å². The minimum Gasteiger partial charge on any atom is -0.269 e. The van der Waals surface area contributed by atoms with Gasteiger partial charge in [-0.2, -0.15) is 0 Å². The van der Waals surface area contributed by atoms with Crippen LogP contribution in [0.25, 0.3) is 0 Å². The van der Waals surface area contributed by atoms with E-state index in [4.69, 9.17) is 23.2 Å². The monoisotopic (exact) mass is 241 g/mol. The summed E-state index contributed by atoms with van der Waals surface area (Å²) in [6, 6.07) is 4.79. The summed E-state index contributed by atoms with van der Waals surface area (Å²) in [6.07, 6.45) is 2.37. The molecule has 0 bridgehead atoms. The molecule has 2 rings (SSSR count). The summed E-state index contributed by atoms with van der Waals surface area (Å²) in [6.45, 7) is 0. The van der Waals surface area contributed by atoms with E-state index in [1.54, 1.807) is 18.2 Å². The highest BCUT2D eigenvalue weighted by Crippen LogP contribution is 2.34. The predicted molar refractivity (Wildman–Crippen MR) is 58.1 cm³/mol. The minimum absolute atomic E-state index is 0.237. The van der Waals surface area contributed by atoms with Crippen molar-refractivity contribution in [3.63, 3.8) is 0 Å². The molecule has 76 valence electrons. The van der Waals surface area contributed by atoms with Gasteiger partial charge in [-0.15, -0.1) is 0 Å². The van der Waals surface area contributed by atoms with Crippen LogP contribution in [0, 0.1) is 0 Å². The van der Waals surface area contributed by atoms with Crippen LogP contribution in [0.15, 0.2) is 30.4 Å². The van der Waals surface area contributed by atoms with Gasteiger partial charge in [-0.3, -0.25) is 9.59 Å². The Morgan fingerprint density at radius 3 is 1.87 bits per heavy atom. The third-order valence-corrected chi connectivity index (χ3v) is 2.58. The summed E-state index contributed by atoms with van der Waals surface area (Å²) in [5, 5.41) is 0.542. The maximum atomic E-state index is 11.4. The molecule has 2 amide bonds. The Kier molecular flexibility index (Phi) is 2.50. The third-order valence-electron chi connectivity index (χ3n) is 1.97. The molecular weight excluding hydrogens is 237 g/mol. The van der Waals surface area contributed by atoms with E-state index in [2.05, 4.69) is 0 Å². The van der Waals surface area contributed by atoms with Crippen molar-refractivity contribution in [3.05, 3.63) is 40.4 Å². The minimum atomic E-state index is -0.435. The van der Waals surface area contributed by atoms with Crippen LogP contribution in [-0.2, 0) is 9.59 Å². The number of benzene rings is 1. The van der Waals surface area contributed by atoms with Crippen LogP contribution in [0.5, 0.6) is 0 Å². The fourth-order valence-corrected chi connectivity index (χ4v) is 1.89. The second-order valence-electron chi connectivity index (χ2n) is 2.92. The number of para-hydroxylation sites is 1. The van der Waals surface area contributed by atoms with Crippen LogP contribution in [0.2, 0.25) is 10.0 Å². The van der Waals surface area contributed by atoms with E-state index >= 15 is 0 Å². The summed E-state index contributed by atoms with van der Waals surface area (Å²) in [5.74, 6) is -0.870. The van der Waals surface area contributed by atoms with Gasteiger partial charge in [0.15, 0.2) is 0 Å². The number of halogens is 2. The van der Waals surface area contributed by atoms with E-state index in [9.17, 15) is 9.59 Å². The second-order valence-corrected chi connectivity index (χ2v) is 3.73. The summed E-state index contributed by atoms with van der Waals surface area (Å²) < 4.78 is 0. The first-order chi connectivity index (χ1) is 7.11. The van der Waals surface area contributed by atoms with Gasteiger partial charge in [-0.1, -0.05) is 29.3 Å². The predicted octanol–water partition coefficient (Wildman–Crippen LogP) is 2.42. The second kappa shape index (κ2) is 3.68. The van der Waals surface area contributed by atoms with Crippen molar-refractivity contribution in [1.29, 1.82) is 0 Å². The zero-order chi connectivity index (χ0) is 11.0. The van der Waals surface area contributed by atoms with Gasteiger partial charge in [0.05, 0.1) is 15.7 Å². The van der Waals surface area contributed by atoms with Crippen LogP contribution in [0.3, 0.4) is 0 Å². The molecule has 0 saturated heterocycles. The molecule has 15 heavy (non-hydrogen) atoms. The highest BCUT2D eigenvalue weighted by atomic mass is 35.5. The molecule has 0 atom stereocenters. The maximum absolute atomic E-state index is 11.4. The van der Waals surface area contributed by atoms with Crippen molar-refractivity contribution >= 4 is 40.7 Å². The average molecular weight is 242 g/mol. The quantitative estimate of drug-likeness (QED) is 0.709. The first-order valence-corrected chi connectivity index (χ1v) is 4.87. The summed E-state index contributed by atoms with van der Waals surface area (Å²) >= 11 is 11.8. The Hall–Kier alpha value is -1.32. The van der Waals surface area contributed by atoms with Gasteiger partial charge < -0.3 is 0 Å². The number of carbonyl (C=O) groups is 2. The van der Waals surface area contributed by atoms with Gasteiger partial charge in [-0.25, -0.2) is 4.90 Å². The van der Waals surface area contributed by atoms with Crippen molar-refractivity contribution in [2.45, 2.75) is 0 Å². The molecule has 1 aliphatic heterocycles. The molecule has 0 saturated carbocycles. The Balaban J connectivity index is 2.55. The maximum Gasteiger partial charge on any atom is 0.258 e. The van der Waals surface area contributed by atoms with Gasteiger partial charge >= 0.3 is 0 Å². The Bertz CT molecular complexity index is 444. The molecule has 0 N–H and O–H groups in total. The number of rotatable bonds is 1. The molecule has 0 aliphatic carbocycles. The largest absolute Gasteiger partial charge is 0.269 e. The van der Waals surface area contributed by atoms with Gasteiger partial charge in [-0.05, 0) is 12.1 Å². The lowest BCUT2D eigenvalue weighted by Crippen LogP contribution is -2.30. The van der Waals surface area contributed by atoms with Crippen molar-refractivity contribution < 1.29 is 9.59 Å². The highest BCUT2D eigenvalue weighted by molar-refractivity contribution is 6.43. The van der Waals surface area contributed by atoms with Crippen LogP contribution >= 0.6 is 23.2 Å². The number of hydrogen-bond donors (Lipinski definition) is 0. The van der Waals surface area contributed by atoms with Crippen molar-refractivity contribution in [1.82, 2.24) is 0 Å². The Labute approximate surface area is 95.9 Å². The molecule has 1 aliphatic rings. The molecule has 1 aromatic rings. The summed E-state index contributed by atoms with van der Waals surface area (Å²) in [4.78, 5) is 23.7. The lowest BCUT2D eigenvalue weighted by molar-refractivity contribution is -0.119. The SMILES string of the molecule is O=C1C=CC(=O)N1c1c(Cl)cccc1Cl. The number of carbonyl (C=O) groups excluding carboxylic acids is 2. The van der Waals surface area contributed by atoms with Gasteiger partial charge in [0.25, 0.3) is 11.8 Å². The lowest BCUT2D eigenvalue weighted by Gasteiger charge is -2.16. The first kappa shape index (κ1) is 10.2. The Morgan fingerprint density at radius 2 is 1.40 bits per heavy atom. The molecule has 3 nitrogen and oxygen atoms in total. The molecule has 0 unspecified atom stereocenters. The third kappa shape index (κ3) is 1.64. The van der Waals surface area contributed by atoms with Gasteiger partial charge in [0, 0.05) is 12.2 Å². The summed E-state index contributed by atoms with van der Waals surface area (Å²) in [5.41, 5.74) is 0.237. The first-order valence-electron chi connectivity index (χ1n) is 4.11. The molecule has 5 heteroatoms. The molecule has 1 heterocycles. The fourth-order valence-electron chi connectivity index (χ4n) is 1.32. The van der Waals surface area contributed by atoms with Crippen LogP contribution in [0.1, 0.15) is 0 Å². The normalized spacial score (nSPS) is 15.2. The molecule has 1 aromatic carbocycles. The van der Waals surface area contributed by atoms with Gasteiger partial charge in [0.1, 0.15) is 0 Å². The van der Waals surface area contributed by atoms with Gasteiger partial charge in [0.2, 0.25) is 0 Å². The fraction of sp³-hybridized carbons (Fsp3) is 0. The number of anilines is 1. The molecular formula is C10H5Cl2NO2. The van der Waals surface area contributed by atoms with Crippen LogP contribution in [-0.4, -0.2) is 11.8 Å². The average Bonchev–Trinajstić information content (AvgIpc) is 2.49. The number of hydrogen-bond acceptors (Lipinski definition) is 2. The van der Waals surface area contributed by atoms with Crippen molar-refractivity contribution in [3.8, 4) is 0 Å². The van der Waals surface area contributed by atoms with E-state index in [1.165, 1.54) is 12.2 Å². The molecule has 0 fully saturated rings. The Morgan fingerprint density at radius 1 is 0.933 bits per heavy atom. The van der Waals surface area contributed by atoms with Crippen LogP contribution in [0.4, 0.5) is 5.69 Å². The smallest absolute Gasteiger partial charge is 0.258 e. The van der Waals surface area contributed by atoms with E-state index in [1.807, 2.05) is 0 Å². The number of imide groups is 1.